The molecule has 3 aliphatic rings. The highest BCUT2D eigenvalue weighted by molar-refractivity contribution is 5.94. The first-order chi connectivity index (χ1) is 12.2. The molecule has 5 rings (SSSR count). The predicted octanol–water partition coefficient (Wildman–Crippen LogP) is 3.23. The molecule has 0 N–H and O–H groups in total. The van der Waals surface area contributed by atoms with Gasteiger partial charge in [-0.3, -0.25) is 0 Å². The molecule has 2 aromatic rings. The van der Waals surface area contributed by atoms with E-state index in [1.54, 1.807) is 18.2 Å². The number of rotatable bonds is 2. The summed E-state index contributed by atoms with van der Waals surface area (Å²) in [6.07, 6.45) is 1.06. The van der Waals surface area contributed by atoms with E-state index in [9.17, 15) is 9.59 Å². The van der Waals surface area contributed by atoms with E-state index in [1.165, 1.54) is 11.8 Å². The van der Waals surface area contributed by atoms with E-state index in [1.807, 2.05) is 24.3 Å². The summed E-state index contributed by atoms with van der Waals surface area (Å²) in [5.74, 6) is -0.849. The fourth-order valence-electron chi connectivity index (χ4n) is 3.80. The number of ether oxygens (including phenoxy) is 3. The lowest BCUT2D eigenvalue weighted by Crippen LogP contribution is -2.07. The van der Waals surface area contributed by atoms with E-state index < -0.39 is 12.3 Å². The number of carbonyl (C=O) groups excluding carboxylic acids is 2. The van der Waals surface area contributed by atoms with Crippen LogP contribution in [0.2, 0.25) is 0 Å². The quantitative estimate of drug-likeness (QED) is 0.479. The normalized spacial score (nSPS) is 27.5. The lowest BCUT2D eigenvalue weighted by Gasteiger charge is -2.11. The second-order valence-corrected chi connectivity index (χ2v) is 6.37. The van der Waals surface area contributed by atoms with Gasteiger partial charge in [0.1, 0.15) is 6.10 Å². The van der Waals surface area contributed by atoms with Gasteiger partial charge in [0.05, 0.1) is 17.4 Å². The maximum Gasteiger partial charge on any atom is 0.342 e. The Kier molecular flexibility index (Phi) is 2.98. The molecule has 1 fully saturated rings. The van der Waals surface area contributed by atoms with Crippen LogP contribution in [0.15, 0.2) is 60.4 Å². The maximum absolute atomic E-state index is 12.2. The minimum atomic E-state index is -0.827. The Balaban J connectivity index is 1.42. The molecule has 0 bridgehead atoms. The summed E-state index contributed by atoms with van der Waals surface area (Å²) in [4.78, 5) is 24.1. The van der Waals surface area contributed by atoms with Gasteiger partial charge in [0.2, 0.25) is 0 Å². The van der Waals surface area contributed by atoms with Crippen LogP contribution in [0.25, 0.3) is 0 Å². The van der Waals surface area contributed by atoms with Crippen molar-refractivity contribution in [1.29, 1.82) is 0 Å². The third-order valence-corrected chi connectivity index (χ3v) is 5.00. The first-order valence-electron chi connectivity index (χ1n) is 8.16. The highest BCUT2D eigenvalue weighted by Gasteiger charge is 2.46. The molecule has 2 aliphatic heterocycles. The SMILES string of the molecule is O=C1O[C@H]2c3ccccc3C[C@H]2C1=CO[C@@H]1OC(=O)c2ccccc21. The summed E-state index contributed by atoms with van der Waals surface area (Å²) >= 11 is 0. The van der Waals surface area contributed by atoms with Crippen molar-refractivity contribution in [1.82, 2.24) is 0 Å². The van der Waals surface area contributed by atoms with Gasteiger partial charge in [0, 0.05) is 11.5 Å². The minimum Gasteiger partial charge on any atom is -0.458 e. The maximum atomic E-state index is 12.2. The van der Waals surface area contributed by atoms with E-state index in [0.29, 0.717) is 16.7 Å². The molecule has 124 valence electrons. The van der Waals surface area contributed by atoms with Crippen LogP contribution in [0.5, 0.6) is 0 Å². The lowest BCUT2D eigenvalue weighted by molar-refractivity contribution is -0.139. The van der Waals surface area contributed by atoms with Gasteiger partial charge in [0.15, 0.2) is 0 Å². The van der Waals surface area contributed by atoms with E-state index in [-0.39, 0.29) is 18.0 Å². The standard InChI is InChI=1S/C20H14O5/c21-18-13-7-3-4-8-14(13)20(25-18)23-10-16-15-9-11-5-1-2-6-12(11)17(15)24-19(16)22/h1-8,10,15,17,20H,9H2/t15-,17-,20+/m0/s1. The van der Waals surface area contributed by atoms with Crippen molar-refractivity contribution in [2.45, 2.75) is 18.8 Å². The van der Waals surface area contributed by atoms with E-state index >= 15 is 0 Å². The van der Waals surface area contributed by atoms with Crippen LogP contribution >= 0.6 is 0 Å². The van der Waals surface area contributed by atoms with Crippen molar-refractivity contribution in [2.24, 2.45) is 5.92 Å². The summed E-state index contributed by atoms with van der Waals surface area (Å²) in [5, 5.41) is 0. The van der Waals surface area contributed by atoms with Gasteiger partial charge in [0.25, 0.3) is 6.29 Å². The zero-order valence-corrected chi connectivity index (χ0v) is 13.2. The molecule has 1 aliphatic carbocycles. The van der Waals surface area contributed by atoms with Gasteiger partial charge < -0.3 is 14.2 Å². The lowest BCUT2D eigenvalue weighted by atomic mass is 9.98. The molecule has 1 saturated heterocycles. The molecular formula is C20H14O5. The number of fused-ring (bicyclic) bond motifs is 4. The van der Waals surface area contributed by atoms with Gasteiger partial charge in [-0.1, -0.05) is 42.5 Å². The Bertz CT molecular complexity index is 929. The third-order valence-electron chi connectivity index (χ3n) is 5.00. The van der Waals surface area contributed by atoms with Crippen LogP contribution in [-0.2, 0) is 25.4 Å². The second-order valence-electron chi connectivity index (χ2n) is 6.37. The van der Waals surface area contributed by atoms with Crippen molar-refractivity contribution in [3.05, 3.63) is 82.6 Å². The van der Waals surface area contributed by atoms with Gasteiger partial charge in [-0.15, -0.1) is 0 Å². The molecule has 0 aromatic heterocycles. The predicted molar refractivity (Wildman–Crippen MR) is 86.2 cm³/mol. The third kappa shape index (κ3) is 2.09. The highest BCUT2D eigenvalue weighted by Crippen LogP contribution is 2.48. The van der Waals surface area contributed by atoms with Gasteiger partial charge in [-0.05, 0) is 23.6 Å². The number of hydrogen-bond acceptors (Lipinski definition) is 5. The summed E-state index contributed by atoms with van der Waals surface area (Å²) < 4.78 is 16.4. The van der Waals surface area contributed by atoms with Crippen molar-refractivity contribution in [2.75, 3.05) is 0 Å². The van der Waals surface area contributed by atoms with Crippen LogP contribution in [0.1, 0.15) is 39.4 Å². The van der Waals surface area contributed by atoms with Crippen LogP contribution in [0, 0.1) is 5.92 Å². The summed E-state index contributed by atoms with van der Waals surface area (Å²) in [5.41, 5.74) is 3.89. The van der Waals surface area contributed by atoms with Gasteiger partial charge >= 0.3 is 11.9 Å². The molecule has 5 nitrogen and oxygen atoms in total. The van der Waals surface area contributed by atoms with Crippen molar-refractivity contribution in [3.8, 4) is 0 Å². The zero-order valence-electron chi connectivity index (χ0n) is 13.2. The minimum absolute atomic E-state index is 0.0581. The van der Waals surface area contributed by atoms with Crippen LogP contribution in [0.4, 0.5) is 0 Å². The first kappa shape index (κ1) is 14.3. The molecule has 2 aromatic carbocycles. The molecule has 2 heterocycles. The Morgan fingerprint density at radius 1 is 0.920 bits per heavy atom. The number of cyclic esters (lactones) is 1. The Labute approximate surface area is 143 Å². The van der Waals surface area contributed by atoms with E-state index in [2.05, 4.69) is 6.07 Å². The van der Waals surface area contributed by atoms with Crippen molar-refractivity contribution >= 4 is 11.9 Å². The molecule has 0 amide bonds. The van der Waals surface area contributed by atoms with E-state index in [4.69, 9.17) is 14.2 Å². The fraction of sp³-hybridized carbons (Fsp3) is 0.200. The van der Waals surface area contributed by atoms with Gasteiger partial charge in [-0.25, -0.2) is 9.59 Å². The average molecular weight is 334 g/mol. The fourth-order valence-corrected chi connectivity index (χ4v) is 3.80. The molecule has 5 heteroatoms. The molecule has 3 atom stereocenters. The number of esters is 2. The summed E-state index contributed by atoms with van der Waals surface area (Å²) in [6.45, 7) is 0. The largest absolute Gasteiger partial charge is 0.458 e. The molecule has 25 heavy (non-hydrogen) atoms. The summed E-state index contributed by atoms with van der Waals surface area (Å²) in [6, 6.07) is 15.0. The number of hydrogen-bond donors (Lipinski definition) is 0. The van der Waals surface area contributed by atoms with Crippen molar-refractivity contribution < 1.29 is 23.8 Å². The van der Waals surface area contributed by atoms with Crippen LogP contribution in [0.3, 0.4) is 0 Å². The Morgan fingerprint density at radius 3 is 2.56 bits per heavy atom. The van der Waals surface area contributed by atoms with Crippen molar-refractivity contribution in [3.63, 3.8) is 0 Å². The average Bonchev–Trinajstić information content (AvgIpc) is 3.24. The second kappa shape index (κ2) is 5.21. The monoisotopic (exact) mass is 334 g/mol. The molecule has 0 saturated carbocycles. The van der Waals surface area contributed by atoms with E-state index in [0.717, 1.165) is 12.0 Å². The van der Waals surface area contributed by atoms with Gasteiger partial charge in [-0.2, -0.15) is 0 Å². The Hall–Kier alpha value is -3.08. The summed E-state index contributed by atoms with van der Waals surface area (Å²) in [7, 11) is 0. The smallest absolute Gasteiger partial charge is 0.342 e. The topological polar surface area (TPSA) is 61.8 Å². The first-order valence-corrected chi connectivity index (χ1v) is 8.16. The van der Waals surface area contributed by atoms with Crippen LogP contribution < -0.4 is 0 Å². The number of carbonyl (C=O) groups is 2. The highest BCUT2D eigenvalue weighted by atomic mass is 16.7. The van der Waals surface area contributed by atoms with Crippen LogP contribution in [-0.4, -0.2) is 11.9 Å². The Morgan fingerprint density at radius 2 is 1.68 bits per heavy atom. The molecule has 0 spiro atoms. The molecule has 0 radical (unpaired) electrons. The number of benzene rings is 2. The molecular weight excluding hydrogens is 320 g/mol. The zero-order chi connectivity index (χ0) is 17.0. The molecule has 0 unspecified atom stereocenters.